The van der Waals surface area contributed by atoms with Crippen LogP contribution in [0.2, 0.25) is 0 Å². The molecule has 2 aliphatic rings. The second kappa shape index (κ2) is 6.86. The fourth-order valence-corrected chi connectivity index (χ4v) is 3.26. The van der Waals surface area contributed by atoms with Gasteiger partial charge < -0.3 is 9.80 Å². The van der Waals surface area contributed by atoms with Gasteiger partial charge in [0.1, 0.15) is 6.04 Å². The molecule has 1 aliphatic carbocycles. The molecule has 1 saturated carbocycles. The van der Waals surface area contributed by atoms with E-state index in [4.69, 9.17) is 0 Å². The van der Waals surface area contributed by atoms with Crippen LogP contribution in [-0.2, 0) is 4.79 Å². The van der Waals surface area contributed by atoms with Crippen molar-refractivity contribution in [2.24, 2.45) is 0 Å². The van der Waals surface area contributed by atoms with Gasteiger partial charge in [0.15, 0.2) is 0 Å². The van der Waals surface area contributed by atoms with Gasteiger partial charge in [0.2, 0.25) is 11.9 Å². The average molecular weight is 354 g/mol. The zero-order valence-electron chi connectivity index (χ0n) is 14.8. The minimum Gasteiger partial charge on any atom is -0.337 e. The Bertz CT molecular complexity index is 840. The average Bonchev–Trinajstić information content (AvgIpc) is 3.53. The third-order valence-corrected chi connectivity index (χ3v) is 4.99. The molecule has 8 nitrogen and oxygen atoms in total. The molecule has 0 bridgehead atoms. The topological polar surface area (TPSA) is 84.2 Å². The molecule has 0 spiro atoms. The number of amides is 1. The van der Waals surface area contributed by atoms with Crippen molar-refractivity contribution in [3.63, 3.8) is 0 Å². The first-order valence-electron chi connectivity index (χ1n) is 9.04. The van der Waals surface area contributed by atoms with Gasteiger partial charge in [-0.05, 0) is 31.9 Å². The molecule has 3 heterocycles. The van der Waals surface area contributed by atoms with Crippen molar-refractivity contribution in [3.05, 3.63) is 46.6 Å². The molecule has 0 N–H and O–H groups in total. The Morgan fingerprint density at radius 2 is 1.81 bits per heavy atom. The Balaban J connectivity index is 1.43. The summed E-state index contributed by atoms with van der Waals surface area (Å²) >= 11 is 0. The van der Waals surface area contributed by atoms with Crippen LogP contribution in [0.5, 0.6) is 0 Å². The second-order valence-electron chi connectivity index (χ2n) is 6.85. The Morgan fingerprint density at radius 3 is 2.46 bits per heavy atom. The van der Waals surface area contributed by atoms with Gasteiger partial charge in [0.05, 0.1) is 5.69 Å². The number of carbonyl (C=O) groups is 1. The van der Waals surface area contributed by atoms with Crippen molar-refractivity contribution >= 4 is 11.9 Å². The summed E-state index contributed by atoms with van der Waals surface area (Å²) in [4.78, 5) is 37.4. The van der Waals surface area contributed by atoms with Gasteiger partial charge in [-0.25, -0.2) is 14.6 Å². The van der Waals surface area contributed by atoms with Crippen LogP contribution in [0.25, 0.3) is 0 Å². The monoisotopic (exact) mass is 354 g/mol. The molecule has 2 fully saturated rings. The lowest BCUT2D eigenvalue weighted by atomic mass is 10.2. The highest BCUT2D eigenvalue weighted by Crippen LogP contribution is 2.38. The van der Waals surface area contributed by atoms with E-state index in [9.17, 15) is 9.59 Å². The normalized spacial score (nSPS) is 18.7. The van der Waals surface area contributed by atoms with Gasteiger partial charge in [0, 0.05) is 50.6 Å². The van der Waals surface area contributed by atoms with Crippen molar-refractivity contribution in [1.29, 1.82) is 0 Å². The first kappa shape index (κ1) is 16.7. The van der Waals surface area contributed by atoms with Gasteiger partial charge in [-0.3, -0.25) is 9.59 Å². The maximum Gasteiger partial charge on any atom is 0.267 e. The Hall–Kier alpha value is -2.77. The number of hydrogen-bond donors (Lipinski definition) is 0. The SMILES string of the molecule is CC(C(=O)N1CCN(c2ncccn2)CC1)n1nc(C2CC2)ccc1=O. The highest BCUT2D eigenvalue weighted by molar-refractivity contribution is 5.80. The maximum absolute atomic E-state index is 12.9. The summed E-state index contributed by atoms with van der Waals surface area (Å²) in [5.41, 5.74) is 0.682. The summed E-state index contributed by atoms with van der Waals surface area (Å²) in [5.74, 6) is 1.06. The fourth-order valence-electron chi connectivity index (χ4n) is 3.26. The van der Waals surface area contributed by atoms with Gasteiger partial charge in [0.25, 0.3) is 5.56 Å². The molecular formula is C18H22N6O2. The molecule has 26 heavy (non-hydrogen) atoms. The van der Waals surface area contributed by atoms with Gasteiger partial charge in [-0.1, -0.05) is 0 Å². The van der Waals surface area contributed by atoms with E-state index in [0.29, 0.717) is 38.0 Å². The first-order chi connectivity index (χ1) is 12.6. The molecule has 0 radical (unpaired) electrons. The molecule has 2 aromatic heterocycles. The summed E-state index contributed by atoms with van der Waals surface area (Å²) in [7, 11) is 0. The van der Waals surface area contributed by atoms with Crippen LogP contribution in [0.1, 0.15) is 37.4 Å². The van der Waals surface area contributed by atoms with Crippen LogP contribution in [0.4, 0.5) is 5.95 Å². The van der Waals surface area contributed by atoms with Gasteiger partial charge in [-0.15, -0.1) is 0 Å². The molecule has 1 unspecified atom stereocenters. The van der Waals surface area contributed by atoms with Crippen molar-refractivity contribution < 1.29 is 4.79 Å². The fraction of sp³-hybridized carbons (Fsp3) is 0.500. The van der Waals surface area contributed by atoms with Crippen LogP contribution < -0.4 is 10.5 Å². The summed E-state index contributed by atoms with van der Waals surface area (Å²) in [5, 5.41) is 4.44. The van der Waals surface area contributed by atoms with Gasteiger partial charge >= 0.3 is 0 Å². The number of anilines is 1. The summed E-state index contributed by atoms with van der Waals surface area (Å²) in [6.07, 6.45) is 5.65. The van der Waals surface area contributed by atoms with Crippen molar-refractivity contribution in [2.75, 3.05) is 31.1 Å². The molecule has 1 saturated heterocycles. The number of hydrogen-bond acceptors (Lipinski definition) is 6. The largest absolute Gasteiger partial charge is 0.337 e. The smallest absolute Gasteiger partial charge is 0.267 e. The van der Waals surface area contributed by atoms with Crippen LogP contribution in [0, 0.1) is 0 Å². The lowest BCUT2D eigenvalue weighted by Crippen LogP contribution is -2.51. The number of aromatic nitrogens is 4. The predicted octanol–water partition coefficient (Wildman–Crippen LogP) is 0.820. The quantitative estimate of drug-likeness (QED) is 0.808. The van der Waals surface area contributed by atoms with Crippen molar-refractivity contribution in [1.82, 2.24) is 24.6 Å². The molecule has 2 aromatic rings. The first-order valence-corrected chi connectivity index (χ1v) is 9.04. The molecule has 1 amide bonds. The molecular weight excluding hydrogens is 332 g/mol. The number of rotatable bonds is 4. The van der Waals surface area contributed by atoms with E-state index in [1.807, 2.05) is 0 Å². The van der Waals surface area contributed by atoms with Crippen LogP contribution in [0.3, 0.4) is 0 Å². The zero-order valence-corrected chi connectivity index (χ0v) is 14.8. The van der Waals surface area contributed by atoms with E-state index >= 15 is 0 Å². The lowest BCUT2D eigenvalue weighted by molar-refractivity contribution is -0.135. The standard InChI is InChI=1S/C18H22N6O2/c1-13(24-16(25)6-5-15(21-24)14-3-4-14)17(26)22-9-11-23(12-10-22)18-19-7-2-8-20-18/h2,5-8,13-14H,3-4,9-12H2,1H3. The van der Waals surface area contributed by atoms with E-state index in [2.05, 4.69) is 20.0 Å². The molecule has 136 valence electrons. The lowest BCUT2D eigenvalue weighted by Gasteiger charge is -2.35. The van der Waals surface area contributed by atoms with E-state index in [1.165, 1.54) is 10.7 Å². The summed E-state index contributed by atoms with van der Waals surface area (Å²) in [6, 6.07) is 4.49. The van der Waals surface area contributed by atoms with Crippen LogP contribution in [0.15, 0.2) is 35.4 Å². The second-order valence-corrected chi connectivity index (χ2v) is 6.85. The maximum atomic E-state index is 12.9. The number of nitrogens with zero attached hydrogens (tertiary/aromatic N) is 6. The van der Waals surface area contributed by atoms with E-state index in [0.717, 1.165) is 18.5 Å². The van der Waals surface area contributed by atoms with Crippen molar-refractivity contribution in [2.45, 2.75) is 31.7 Å². The Morgan fingerprint density at radius 1 is 1.12 bits per heavy atom. The summed E-state index contributed by atoms with van der Waals surface area (Å²) in [6.45, 7) is 4.26. The van der Waals surface area contributed by atoms with Gasteiger partial charge in [-0.2, -0.15) is 5.10 Å². The third kappa shape index (κ3) is 3.31. The molecule has 0 aromatic carbocycles. The summed E-state index contributed by atoms with van der Waals surface area (Å²) < 4.78 is 1.34. The van der Waals surface area contributed by atoms with E-state index in [1.54, 1.807) is 36.4 Å². The molecule has 4 rings (SSSR count). The number of piperazine rings is 1. The van der Waals surface area contributed by atoms with E-state index < -0.39 is 6.04 Å². The minimum absolute atomic E-state index is 0.0684. The predicted molar refractivity (Wildman–Crippen MR) is 96.0 cm³/mol. The zero-order chi connectivity index (χ0) is 18.1. The highest BCUT2D eigenvalue weighted by atomic mass is 16.2. The Labute approximate surface area is 151 Å². The Kier molecular flexibility index (Phi) is 4.40. The van der Waals surface area contributed by atoms with Crippen LogP contribution >= 0.6 is 0 Å². The molecule has 8 heteroatoms. The van der Waals surface area contributed by atoms with Crippen LogP contribution in [-0.4, -0.2) is 56.7 Å². The third-order valence-electron chi connectivity index (χ3n) is 4.99. The van der Waals surface area contributed by atoms with Crippen molar-refractivity contribution in [3.8, 4) is 0 Å². The molecule has 1 aliphatic heterocycles. The minimum atomic E-state index is -0.597. The highest BCUT2D eigenvalue weighted by Gasteiger charge is 2.30. The van der Waals surface area contributed by atoms with E-state index in [-0.39, 0.29) is 11.5 Å². The number of carbonyl (C=O) groups excluding carboxylic acids is 1. The molecule has 1 atom stereocenters.